The number of hydrogen-bond donors (Lipinski definition) is 0. The second-order valence-corrected chi connectivity index (χ2v) is 7.30. The summed E-state index contributed by atoms with van der Waals surface area (Å²) in [5, 5.41) is 0. The Morgan fingerprint density at radius 3 is 1.88 bits per heavy atom. The smallest absolute Gasteiger partial charge is 0.334 e. The largest absolute Gasteiger partial charge is 0.398 e. The second-order valence-electron chi connectivity index (χ2n) is 3.51. The molecule has 0 radical (unpaired) electrons. The first kappa shape index (κ1) is 15.1. The van der Waals surface area contributed by atoms with Gasteiger partial charge in [-0.2, -0.15) is 0 Å². The highest BCUT2D eigenvalue weighted by atomic mass is 28.4. The summed E-state index contributed by atoms with van der Waals surface area (Å²) in [5.41, 5.74) is 1.17. The minimum Gasteiger partial charge on any atom is -0.398 e. The first-order valence-corrected chi connectivity index (χ1v) is 7.92. The molecule has 1 rings (SSSR count). The Bertz CT molecular complexity index is 273. The molecule has 0 aromatic heterocycles. The van der Waals surface area contributed by atoms with E-state index >= 15 is 0 Å². The van der Waals surface area contributed by atoms with E-state index in [1.165, 1.54) is 5.56 Å². The van der Waals surface area contributed by atoms with Gasteiger partial charge in [-0.05, 0) is 18.2 Å². The summed E-state index contributed by atoms with van der Waals surface area (Å²) in [6.07, 6.45) is 1.83. The standard InChI is InChI=1S/C8H8.C5H14O2Si/c1-2-8-6-4-3-5-7-8;1-5-8(4,6-2)7-3/h2-7H,1H2;5H2,1-4H3. The maximum Gasteiger partial charge on any atom is 0.334 e. The van der Waals surface area contributed by atoms with Crippen molar-refractivity contribution in [2.75, 3.05) is 14.2 Å². The van der Waals surface area contributed by atoms with Crippen molar-refractivity contribution in [1.82, 2.24) is 0 Å². The summed E-state index contributed by atoms with van der Waals surface area (Å²) in [5.74, 6) is 0. The Kier molecular flexibility index (Phi) is 7.81. The Balaban J connectivity index is 0.000000281. The van der Waals surface area contributed by atoms with E-state index in [9.17, 15) is 0 Å². The molecular weight excluding hydrogens is 216 g/mol. The van der Waals surface area contributed by atoms with Gasteiger partial charge in [0.2, 0.25) is 0 Å². The van der Waals surface area contributed by atoms with Crippen molar-refractivity contribution >= 4 is 14.6 Å². The van der Waals surface area contributed by atoms with Gasteiger partial charge in [0.15, 0.2) is 0 Å². The first-order chi connectivity index (χ1) is 7.61. The van der Waals surface area contributed by atoms with Gasteiger partial charge in [0.05, 0.1) is 0 Å². The van der Waals surface area contributed by atoms with Gasteiger partial charge in [0, 0.05) is 14.2 Å². The van der Waals surface area contributed by atoms with E-state index in [1.807, 2.05) is 43.0 Å². The quantitative estimate of drug-likeness (QED) is 0.745. The van der Waals surface area contributed by atoms with E-state index in [0.717, 1.165) is 6.04 Å². The molecular formula is C13H22O2Si. The van der Waals surface area contributed by atoms with Crippen molar-refractivity contribution in [2.45, 2.75) is 19.5 Å². The van der Waals surface area contributed by atoms with Crippen LogP contribution >= 0.6 is 0 Å². The number of benzene rings is 1. The lowest BCUT2D eigenvalue weighted by atomic mass is 10.2. The van der Waals surface area contributed by atoms with E-state index in [1.54, 1.807) is 14.2 Å². The summed E-state index contributed by atoms with van der Waals surface area (Å²) >= 11 is 0. The third-order valence-electron chi connectivity index (χ3n) is 2.54. The van der Waals surface area contributed by atoms with Crippen molar-refractivity contribution in [3.63, 3.8) is 0 Å². The highest BCUT2D eigenvalue weighted by Crippen LogP contribution is 2.08. The fraction of sp³-hybridized carbons (Fsp3) is 0.385. The Morgan fingerprint density at radius 2 is 1.69 bits per heavy atom. The van der Waals surface area contributed by atoms with E-state index in [-0.39, 0.29) is 0 Å². The van der Waals surface area contributed by atoms with Crippen molar-refractivity contribution in [3.05, 3.63) is 42.5 Å². The van der Waals surface area contributed by atoms with E-state index in [4.69, 9.17) is 8.85 Å². The van der Waals surface area contributed by atoms with Crippen LogP contribution < -0.4 is 0 Å². The molecule has 0 N–H and O–H groups in total. The van der Waals surface area contributed by atoms with Gasteiger partial charge < -0.3 is 8.85 Å². The van der Waals surface area contributed by atoms with Crippen LogP contribution in [-0.2, 0) is 8.85 Å². The van der Waals surface area contributed by atoms with Crippen LogP contribution in [0.1, 0.15) is 12.5 Å². The third-order valence-corrected chi connectivity index (χ3v) is 5.55. The molecule has 0 spiro atoms. The normalized spacial score (nSPS) is 10.2. The molecule has 1 aromatic carbocycles. The van der Waals surface area contributed by atoms with Crippen LogP contribution in [0.4, 0.5) is 0 Å². The fourth-order valence-corrected chi connectivity index (χ4v) is 1.71. The van der Waals surface area contributed by atoms with E-state index in [2.05, 4.69) is 13.5 Å². The average molecular weight is 238 g/mol. The van der Waals surface area contributed by atoms with E-state index < -0.39 is 8.56 Å². The fourth-order valence-electron chi connectivity index (χ4n) is 0.961. The van der Waals surface area contributed by atoms with Crippen molar-refractivity contribution in [1.29, 1.82) is 0 Å². The van der Waals surface area contributed by atoms with Crippen LogP contribution in [0, 0.1) is 0 Å². The molecule has 2 nitrogen and oxygen atoms in total. The second kappa shape index (κ2) is 8.27. The molecule has 0 saturated heterocycles. The van der Waals surface area contributed by atoms with Gasteiger partial charge in [0.1, 0.15) is 0 Å². The number of rotatable bonds is 4. The zero-order valence-electron chi connectivity index (χ0n) is 10.7. The van der Waals surface area contributed by atoms with E-state index in [0.29, 0.717) is 0 Å². The molecule has 16 heavy (non-hydrogen) atoms. The monoisotopic (exact) mass is 238 g/mol. The molecule has 0 saturated carbocycles. The third kappa shape index (κ3) is 5.85. The summed E-state index contributed by atoms with van der Waals surface area (Å²) < 4.78 is 10.3. The molecule has 1 aromatic rings. The van der Waals surface area contributed by atoms with Crippen LogP contribution in [0.2, 0.25) is 12.6 Å². The van der Waals surface area contributed by atoms with Crippen molar-refractivity contribution in [3.8, 4) is 0 Å². The summed E-state index contributed by atoms with van der Waals surface area (Å²) in [4.78, 5) is 0. The lowest BCUT2D eigenvalue weighted by Gasteiger charge is -2.19. The molecule has 0 amide bonds. The van der Waals surface area contributed by atoms with Crippen LogP contribution in [0.5, 0.6) is 0 Å². The van der Waals surface area contributed by atoms with Gasteiger partial charge >= 0.3 is 8.56 Å². The summed E-state index contributed by atoms with van der Waals surface area (Å²) in [6, 6.07) is 11.0. The van der Waals surface area contributed by atoms with Crippen LogP contribution in [0.15, 0.2) is 36.9 Å². The maximum atomic E-state index is 5.15. The minimum absolute atomic E-state index is 1.01. The van der Waals surface area contributed by atoms with Crippen molar-refractivity contribution in [2.24, 2.45) is 0 Å². The van der Waals surface area contributed by atoms with Crippen LogP contribution in [0.3, 0.4) is 0 Å². The highest BCUT2D eigenvalue weighted by molar-refractivity contribution is 6.65. The van der Waals surface area contributed by atoms with Crippen LogP contribution in [-0.4, -0.2) is 22.8 Å². The Morgan fingerprint density at radius 1 is 1.19 bits per heavy atom. The first-order valence-electron chi connectivity index (χ1n) is 5.39. The molecule has 0 bridgehead atoms. The van der Waals surface area contributed by atoms with Gasteiger partial charge in [-0.15, -0.1) is 0 Å². The molecule has 0 unspecified atom stereocenters. The van der Waals surface area contributed by atoms with Crippen molar-refractivity contribution < 1.29 is 8.85 Å². The SMILES string of the molecule is C=Cc1ccccc1.CC[Si](C)(OC)OC. The predicted molar refractivity (Wildman–Crippen MR) is 72.7 cm³/mol. The molecule has 0 heterocycles. The molecule has 0 aliphatic carbocycles. The molecule has 0 aliphatic heterocycles. The number of hydrogen-bond acceptors (Lipinski definition) is 2. The average Bonchev–Trinajstić information content (AvgIpc) is 2.39. The molecule has 0 aliphatic rings. The van der Waals surface area contributed by atoms with Gasteiger partial charge in [-0.1, -0.05) is 49.9 Å². The molecule has 90 valence electrons. The lowest BCUT2D eigenvalue weighted by Crippen LogP contribution is -2.34. The Labute approximate surface area is 100 Å². The summed E-state index contributed by atoms with van der Waals surface area (Å²) in [7, 11) is 1.74. The zero-order valence-corrected chi connectivity index (χ0v) is 11.7. The summed E-state index contributed by atoms with van der Waals surface area (Å²) in [6.45, 7) is 7.76. The predicted octanol–water partition coefficient (Wildman–Crippen LogP) is 3.70. The maximum absolute atomic E-state index is 5.15. The molecule has 0 atom stereocenters. The van der Waals surface area contributed by atoms with Gasteiger partial charge in [-0.3, -0.25) is 0 Å². The van der Waals surface area contributed by atoms with Gasteiger partial charge in [-0.25, -0.2) is 0 Å². The molecule has 0 fully saturated rings. The lowest BCUT2D eigenvalue weighted by molar-refractivity contribution is 0.251. The molecule has 3 heteroatoms. The minimum atomic E-state index is -1.67. The van der Waals surface area contributed by atoms with Crippen LogP contribution in [0.25, 0.3) is 6.08 Å². The Hall–Kier alpha value is -0.903. The highest BCUT2D eigenvalue weighted by Gasteiger charge is 2.24. The van der Waals surface area contributed by atoms with Gasteiger partial charge in [0.25, 0.3) is 0 Å². The topological polar surface area (TPSA) is 18.5 Å². The zero-order chi connectivity index (χ0) is 12.4.